The number of hydrogen-bond donors (Lipinski definition) is 0. The fourth-order valence-electron chi connectivity index (χ4n) is 7.54. The molecule has 0 saturated carbocycles. The first-order valence-corrected chi connectivity index (χ1v) is 16.4. The highest BCUT2D eigenvalue weighted by molar-refractivity contribution is 6.14. The second-order valence-electron chi connectivity index (χ2n) is 12.4. The molecular formula is C45H29N3. The zero-order valence-corrected chi connectivity index (χ0v) is 26.1. The molecule has 0 aliphatic heterocycles. The van der Waals surface area contributed by atoms with Crippen LogP contribution in [0.3, 0.4) is 0 Å². The average Bonchev–Trinajstić information content (AvgIpc) is 3.73. The van der Waals surface area contributed by atoms with E-state index in [2.05, 4.69) is 185 Å². The molecule has 0 amide bonds. The van der Waals surface area contributed by atoms with Crippen LogP contribution in [0.5, 0.6) is 0 Å². The van der Waals surface area contributed by atoms with Crippen molar-refractivity contribution < 1.29 is 0 Å². The Balaban J connectivity index is 1.19. The third-order valence-electron chi connectivity index (χ3n) is 9.71. The van der Waals surface area contributed by atoms with Gasteiger partial charge in [-0.3, -0.25) is 4.40 Å². The lowest BCUT2D eigenvalue weighted by atomic mass is 9.99. The monoisotopic (exact) mass is 611 g/mol. The summed E-state index contributed by atoms with van der Waals surface area (Å²) < 4.78 is 4.73. The van der Waals surface area contributed by atoms with Crippen molar-refractivity contribution in [3.05, 3.63) is 176 Å². The van der Waals surface area contributed by atoms with Crippen LogP contribution in [0.1, 0.15) is 0 Å². The van der Waals surface area contributed by atoms with Crippen molar-refractivity contribution in [3.8, 4) is 39.3 Å². The quantitative estimate of drug-likeness (QED) is 0.182. The van der Waals surface area contributed by atoms with Crippen LogP contribution < -0.4 is 0 Å². The molecule has 3 nitrogen and oxygen atoms in total. The summed E-state index contributed by atoms with van der Waals surface area (Å²) in [7, 11) is 0. The molecule has 3 heterocycles. The minimum Gasteiger partial charge on any atom is -0.309 e. The van der Waals surface area contributed by atoms with E-state index in [-0.39, 0.29) is 0 Å². The molecule has 224 valence electrons. The van der Waals surface area contributed by atoms with E-state index in [0.717, 1.165) is 44.8 Å². The SMILES string of the molecule is c1ccc(-c2nc3c4ccccc4c4cc(-c5ccc(-n6c7ccccc7c7ccccc76)cc5)ccc4n3c2-c2ccccc2)cc1. The largest absolute Gasteiger partial charge is 0.309 e. The second-order valence-corrected chi connectivity index (χ2v) is 12.4. The van der Waals surface area contributed by atoms with Crippen molar-refractivity contribution in [3.63, 3.8) is 0 Å². The van der Waals surface area contributed by atoms with E-state index >= 15 is 0 Å². The molecule has 7 aromatic carbocycles. The third-order valence-corrected chi connectivity index (χ3v) is 9.71. The van der Waals surface area contributed by atoms with Crippen LogP contribution in [0.15, 0.2) is 176 Å². The summed E-state index contributed by atoms with van der Waals surface area (Å²) in [4.78, 5) is 5.36. The molecule has 3 aromatic heterocycles. The first-order chi connectivity index (χ1) is 23.8. The molecule has 0 N–H and O–H groups in total. The zero-order chi connectivity index (χ0) is 31.6. The summed E-state index contributed by atoms with van der Waals surface area (Å²) in [6.45, 7) is 0. The van der Waals surface area contributed by atoms with Crippen LogP contribution >= 0.6 is 0 Å². The van der Waals surface area contributed by atoms with Gasteiger partial charge in [-0.25, -0.2) is 4.98 Å². The number of benzene rings is 7. The number of nitrogens with zero attached hydrogens (tertiary/aromatic N) is 3. The highest BCUT2D eigenvalue weighted by Crippen LogP contribution is 2.40. The van der Waals surface area contributed by atoms with Crippen LogP contribution in [-0.2, 0) is 0 Å². The maximum Gasteiger partial charge on any atom is 0.146 e. The minimum absolute atomic E-state index is 0.971. The molecule has 0 aliphatic rings. The lowest BCUT2D eigenvalue weighted by Crippen LogP contribution is -1.95. The number of fused-ring (bicyclic) bond motifs is 9. The molecule has 0 atom stereocenters. The first-order valence-electron chi connectivity index (χ1n) is 16.4. The van der Waals surface area contributed by atoms with E-state index in [1.54, 1.807) is 0 Å². The molecule has 48 heavy (non-hydrogen) atoms. The van der Waals surface area contributed by atoms with Gasteiger partial charge in [0.05, 0.1) is 27.9 Å². The number of hydrogen-bond acceptors (Lipinski definition) is 1. The van der Waals surface area contributed by atoms with Gasteiger partial charge >= 0.3 is 0 Å². The Labute approximate surface area is 277 Å². The van der Waals surface area contributed by atoms with E-state index in [0.29, 0.717) is 0 Å². The number of pyridine rings is 1. The van der Waals surface area contributed by atoms with Crippen molar-refractivity contribution in [2.75, 3.05) is 0 Å². The molecule has 0 bridgehead atoms. The Morgan fingerprint density at radius 1 is 0.354 bits per heavy atom. The fraction of sp³-hybridized carbons (Fsp3) is 0. The highest BCUT2D eigenvalue weighted by Gasteiger charge is 2.21. The van der Waals surface area contributed by atoms with Gasteiger partial charge in [-0.1, -0.05) is 140 Å². The van der Waals surface area contributed by atoms with Crippen LogP contribution in [-0.4, -0.2) is 14.0 Å². The van der Waals surface area contributed by atoms with Gasteiger partial charge in [0.15, 0.2) is 0 Å². The van der Waals surface area contributed by atoms with Crippen molar-refractivity contribution in [1.29, 1.82) is 0 Å². The van der Waals surface area contributed by atoms with Gasteiger partial charge in [-0.15, -0.1) is 0 Å². The lowest BCUT2D eigenvalue weighted by Gasteiger charge is -2.14. The molecule has 0 radical (unpaired) electrons. The second kappa shape index (κ2) is 10.5. The standard InChI is InChI=1S/C45H29N3/c1-3-13-31(14-4-1)43-44(32-15-5-2-6-16-32)48-42-28-25-33(29-39(42)35-17-7-8-20-38(35)45(48)46-43)30-23-26-34(27-24-30)47-40-21-11-9-18-36(40)37-19-10-12-22-41(37)47/h1-29H. The Hall–Kier alpha value is -6.45. The van der Waals surface area contributed by atoms with E-state index in [9.17, 15) is 0 Å². The van der Waals surface area contributed by atoms with Crippen molar-refractivity contribution in [2.24, 2.45) is 0 Å². The van der Waals surface area contributed by atoms with Crippen molar-refractivity contribution in [1.82, 2.24) is 14.0 Å². The number of imidazole rings is 1. The molecule has 0 unspecified atom stereocenters. The number of para-hydroxylation sites is 2. The van der Waals surface area contributed by atoms with Crippen LogP contribution in [0.25, 0.3) is 88.5 Å². The molecule has 0 spiro atoms. The van der Waals surface area contributed by atoms with Crippen molar-refractivity contribution >= 4 is 49.1 Å². The summed E-state index contributed by atoms with van der Waals surface area (Å²) in [6.07, 6.45) is 0. The number of aromatic nitrogens is 3. The fourth-order valence-corrected chi connectivity index (χ4v) is 7.54. The minimum atomic E-state index is 0.971. The summed E-state index contributed by atoms with van der Waals surface area (Å²) in [5.41, 5.74) is 12.4. The predicted octanol–water partition coefficient (Wildman–Crippen LogP) is 11.7. The zero-order valence-electron chi connectivity index (χ0n) is 26.1. The summed E-state index contributed by atoms with van der Waals surface area (Å²) >= 11 is 0. The van der Waals surface area contributed by atoms with Gasteiger partial charge in [0.1, 0.15) is 5.65 Å². The van der Waals surface area contributed by atoms with Gasteiger partial charge in [0.25, 0.3) is 0 Å². The summed E-state index contributed by atoms with van der Waals surface area (Å²) in [5, 5.41) is 6.09. The molecular weight excluding hydrogens is 583 g/mol. The van der Waals surface area contributed by atoms with Gasteiger partial charge in [-0.2, -0.15) is 0 Å². The Kier molecular flexibility index (Phi) is 5.87. The maximum atomic E-state index is 5.36. The van der Waals surface area contributed by atoms with E-state index < -0.39 is 0 Å². The van der Waals surface area contributed by atoms with E-state index in [1.807, 2.05) is 0 Å². The average molecular weight is 612 g/mol. The van der Waals surface area contributed by atoms with Crippen LogP contribution in [0.4, 0.5) is 0 Å². The molecule has 0 fully saturated rings. The third kappa shape index (κ3) is 3.98. The van der Waals surface area contributed by atoms with Crippen LogP contribution in [0, 0.1) is 0 Å². The Bertz CT molecular complexity index is 2750. The van der Waals surface area contributed by atoms with Crippen molar-refractivity contribution in [2.45, 2.75) is 0 Å². The molecule has 0 aliphatic carbocycles. The van der Waals surface area contributed by atoms with Gasteiger partial charge < -0.3 is 4.57 Å². The van der Waals surface area contributed by atoms with Gasteiger partial charge in [-0.05, 0) is 52.9 Å². The molecule has 0 saturated heterocycles. The molecule has 10 aromatic rings. The maximum absolute atomic E-state index is 5.36. The van der Waals surface area contributed by atoms with Crippen LogP contribution in [0.2, 0.25) is 0 Å². The number of rotatable bonds is 4. The van der Waals surface area contributed by atoms with E-state index in [1.165, 1.54) is 43.7 Å². The molecule has 3 heteroatoms. The summed E-state index contributed by atoms with van der Waals surface area (Å²) in [6, 6.07) is 63.1. The topological polar surface area (TPSA) is 22.2 Å². The lowest BCUT2D eigenvalue weighted by molar-refractivity contribution is 1.18. The first kappa shape index (κ1) is 26.7. The smallest absolute Gasteiger partial charge is 0.146 e. The molecule has 10 rings (SSSR count). The van der Waals surface area contributed by atoms with Gasteiger partial charge in [0.2, 0.25) is 0 Å². The van der Waals surface area contributed by atoms with Gasteiger partial charge in [0, 0.05) is 38.4 Å². The highest BCUT2D eigenvalue weighted by atomic mass is 15.0. The predicted molar refractivity (Wildman–Crippen MR) is 201 cm³/mol. The summed E-state index contributed by atoms with van der Waals surface area (Å²) in [5.74, 6) is 0. The normalized spacial score (nSPS) is 11.8. The Morgan fingerprint density at radius 3 is 1.56 bits per heavy atom. The van der Waals surface area contributed by atoms with E-state index in [4.69, 9.17) is 4.98 Å². The Morgan fingerprint density at radius 2 is 0.896 bits per heavy atom.